The van der Waals surface area contributed by atoms with Crippen LogP contribution in [0.2, 0.25) is 10.0 Å². The molecule has 94 valence electrons. The van der Waals surface area contributed by atoms with Crippen molar-refractivity contribution in [2.45, 2.75) is 19.4 Å². The van der Waals surface area contributed by atoms with Crippen LogP contribution < -0.4 is 5.73 Å². The van der Waals surface area contributed by atoms with E-state index in [0.717, 1.165) is 16.7 Å². The fraction of sp³-hybridized carbons (Fsp3) is 0.200. The molecule has 3 heteroatoms. The molecule has 0 aliphatic heterocycles. The van der Waals surface area contributed by atoms with E-state index >= 15 is 0 Å². The van der Waals surface area contributed by atoms with Crippen molar-refractivity contribution in [3.63, 3.8) is 0 Å². The summed E-state index contributed by atoms with van der Waals surface area (Å²) in [5, 5.41) is 1.27. The summed E-state index contributed by atoms with van der Waals surface area (Å²) in [5.41, 5.74) is 8.85. The van der Waals surface area contributed by atoms with Gasteiger partial charge in [0.05, 0.1) is 5.54 Å². The largest absolute Gasteiger partial charge is 0.318 e. The molecular weight excluding hydrogens is 265 g/mol. The average Bonchev–Trinajstić information content (AvgIpc) is 2.32. The number of benzene rings is 2. The molecule has 1 unspecified atom stereocenters. The van der Waals surface area contributed by atoms with Crippen molar-refractivity contribution < 1.29 is 0 Å². The van der Waals surface area contributed by atoms with Crippen LogP contribution >= 0.6 is 23.2 Å². The Hall–Kier alpha value is -1.02. The molecule has 0 saturated heterocycles. The lowest BCUT2D eigenvalue weighted by atomic mass is 9.83. The van der Waals surface area contributed by atoms with Gasteiger partial charge in [-0.25, -0.2) is 0 Å². The highest BCUT2D eigenvalue weighted by Gasteiger charge is 2.27. The number of nitrogens with two attached hydrogens (primary N) is 1. The summed E-state index contributed by atoms with van der Waals surface area (Å²) in [5.74, 6) is 0. The lowest BCUT2D eigenvalue weighted by Gasteiger charge is -2.28. The molecule has 18 heavy (non-hydrogen) atoms. The molecule has 0 bridgehead atoms. The normalized spacial score (nSPS) is 14.3. The predicted molar refractivity (Wildman–Crippen MR) is 78.3 cm³/mol. The summed E-state index contributed by atoms with van der Waals surface area (Å²) in [4.78, 5) is 0. The summed E-state index contributed by atoms with van der Waals surface area (Å²) in [7, 11) is 0. The maximum atomic E-state index is 6.49. The first-order valence-electron chi connectivity index (χ1n) is 5.73. The Morgan fingerprint density at radius 3 is 2.33 bits per heavy atom. The van der Waals surface area contributed by atoms with Crippen LogP contribution in [0.25, 0.3) is 0 Å². The van der Waals surface area contributed by atoms with Crippen LogP contribution in [0.15, 0.2) is 42.5 Å². The fourth-order valence-corrected chi connectivity index (χ4v) is 2.68. The van der Waals surface area contributed by atoms with Gasteiger partial charge in [0, 0.05) is 10.0 Å². The molecule has 2 aromatic rings. The summed E-state index contributed by atoms with van der Waals surface area (Å²) in [6.45, 7) is 3.99. The van der Waals surface area contributed by atoms with Crippen LogP contribution in [-0.2, 0) is 5.54 Å². The third-order valence-electron chi connectivity index (χ3n) is 3.19. The first kappa shape index (κ1) is 13.4. The maximum Gasteiger partial charge on any atom is 0.0654 e. The van der Waals surface area contributed by atoms with Crippen LogP contribution in [0.3, 0.4) is 0 Å². The van der Waals surface area contributed by atoms with Gasteiger partial charge in [-0.1, -0.05) is 47.5 Å². The topological polar surface area (TPSA) is 26.0 Å². The van der Waals surface area contributed by atoms with E-state index in [4.69, 9.17) is 28.9 Å². The second kappa shape index (κ2) is 4.93. The molecule has 2 aromatic carbocycles. The zero-order valence-electron chi connectivity index (χ0n) is 10.4. The van der Waals surface area contributed by atoms with Gasteiger partial charge >= 0.3 is 0 Å². The van der Waals surface area contributed by atoms with Crippen LogP contribution in [0.4, 0.5) is 0 Å². The molecule has 1 nitrogen and oxygen atoms in total. The Labute approximate surface area is 118 Å². The molecule has 1 atom stereocenters. The van der Waals surface area contributed by atoms with Crippen molar-refractivity contribution in [3.05, 3.63) is 69.2 Å². The van der Waals surface area contributed by atoms with Crippen LogP contribution in [-0.4, -0.2) is 0 Å². The summed E-state index contributed by atoms with van der Waals surface area (Å²) in [6, 6.07) is 13.4. The van der Waals surface area contributed by atoms with Gasteiger partial charge in [-0.2, -0.15) is 0 Å². The van der Waals surface area contributed by atoms with E-state index in [1.807, 2.05) is 44.2 Å². The van der Waals surface area contributed by atoms with Crippen molar-refractivity contribution in [1.29, 1.82) is 0 Å². The van der Waals surface area contributed by atoms with E-state index in [1.165, 1.54) is 0 Å². The van der Waals surface area contributed by atoms with Gasteiger partial charge in [-0.05, 0) is 48.7 Å². The Bertz CT molecular complexity index is 576. The Balaban J connectivity index is 2.61. The third-order valence-corrected chi connectivity index (χ3v) is 3.76. The second-order valence-electron chi connectivity index (χ2n) is 4.64. The monoisotopic (exact) mass is 279 g/mol. The van der Waals surface area contributed by atoms with E-state index in [2.05, 4.69) is 0 Å². The molecule has 0 saturated carbocycles. The molecule has 0 amide bonds. The molecule has 0 fully saturated rings. The SMILES string of the molecule is Cc1ccccc1C(C)(N)c1cc(Cl)ccc1Cl. The molecule has 0 spiro atoms. The Morgan fingerprint density at radius 2 is 1.67 bits per heavy atom. The first-order chi connectivity index (χ1) is 8.43. The number of hydrogen-bond donors (Lipinski definition) is 1. The summed E-state index contributed by atoms with van der Waals surface area (Å²) in [6.07, 6.45) is 0. The van der Waals surface area contributed by atoms with Crippen molar-refractivity contribution in [3.8, 4) is 0 Å². The molecule has 0 heterocycles. The van der Waals surface area contributed by atoms with E-state index < -0.39 is 5.54 Å². The highest BCUT2D eigenvalue weighted by molar-refractivity contribution is 6.33. The zero-order chi connectivity index (χ0) is 13.3. The Morgan fingerprint density at radius 1 is 1.00 bits per heavy atom. The molecule has 2 N–H and O–H groups in total. The predicted octanol–water partition coefficient (Wildman–Crippen LogP) is 4.52. The van der Waals surface area contributed by atoms with Gasteiger partial charge < -0.3 is 5.73 Å². The van der Waals surface area contributed by atoms with Crippen molar-refractivity contribution in [1.82, 2.24) is 0 Å². The highest BCUT2D eigenvalue weighted by Crippen LogP contribution is 2.34. The lowest BCUT2D eigenvalue weighted by Crippen LogP contribution is -2.35. The molecule has 2 rings (SSSR count). The van der Waals surface area contributed by atoms with Crippen LogP contribution in [0.5, 0.6) is 0 Å². The first-order valence-corrected chi connectivity index (χ1v) is 6.49. The van der Waals surface area contributed by atoms with Gasteiger partial charge in [-0.3, -0.25) is 0 Å². The standard InChI is InChI=1S/C15H15Cl2N/c1-10-5-3-4-6-12(10)15(2,18)13-9-11(16)7-8-14(13)17/h3-9H,18H2,1-2H3. The molecule has 0 aliphatic rings. The van der Waals surface area contributed by atoms with Crippen LogP contribution in [0, 0.1) is 6.92 Å². The minimum atomic E-state index is -0.659. The minimum absolute atomic E-state index is 0.632. The van der Waals surface area contributed by atoms with Gasteiger partial charge in [0.15, 0.2) is 0 Å². The third kappa shape index (κ3) is 2.39. The van der Waals surface area contributed by atoms with Gasteiger partial charge in [-0.15, -0.1) is 0 Å². The van der Waals surface area contributed by atoms with Crippen molar-refractivity contribution >= 4 is 23.2 Å². The van der Waals surface area contributed by atoms with E-state index in [1.54, 1.807) is 12.1 Å². The number of halogens is 2. The fourth-order valence-electron chi connectivity index (χ4n) is 2.20. The maximum absolute atomic E-state index is 6.49. The number of rotatable bonds is 2. The number of hydrogen-bond acceptors (Lipinski definition) is 1. The average molecular weight is 280 g/mol. The summed E-state index contributed by atoms with van der Waals surface area (Å²) >= 11 is 12.3. The molecule has 0 radical (unpaired) electrons. The molecule has 0 aliphatic carbocycles. The van der Waals surface area contributed by atoms with Gasteiger partial charge in [0.25, 0.3) is 0 Å². The Kier molecular flexibility index (Phi) is 3.67. The quantitative estimate of drug-likeness (QED) is 0.859. The zero-order valence-corrected chi connectivity index (χ0v) is 11.9. The van der Waals surface area contributed by atoms with Gasteiger partial charge in [0.2, 0.25) is 0 Å². The molecular formula is C15H15Cl2N. The van der Waals surface area contributed by atoms with E-state index in [0.29, 0.717) is 10.0 Å². The highest BCUT2D eigenvalue weighted by atomic mass is 35.5. The second-order valence-corrected chi connectivity index (χ2v) is 5.49. The summed E-state index contributed by atoms with van der Waals surface area (Å²) < 4.78 is 0. The van der Waals surface area contributed by atoms with E-state index in [9.17, 15) is 0 Å². The van der Waals surface area contributed by atoms with Crippen LogP contribution in [0.1, 0.15) is 23.6 Å². The van der Waals surface area contributed by atoms with Crippen molar-refractivity contribution in [2.24, 2.45) is 5.73 Å². The van der Waals surface area contributed by atoms with E-state index in [-0.39, 0.29) is 0 Å². The molecule has 0 aromatic heterocycles. The lowest BCUT2D eigenvalue weighted by molar-refractivity contribution is 0.599. The van der Waals surface area contributed by atoms with Gasteiger partial charge in [0.1, 0.15) is 0 Å². The smallest absolute Gasteiger partial charge is 0.0654 e. The van der Waals surface area contributed by atoms with Crippen molar-refractivity contribution in [2.75, 3.05) is 0 Å². The number of aryl methyl sites for hydroxylation is 1. The minimum Gasteiger partial charge on any atom is -0.318 e.